The predicted octanol–water partition coefficient (Wildman–Crippen LogP) is 3.90. The highest BCUT2D eigenvalue weighted by Gasteiger charge is 2.46. The number of phenolic OH excluding ortho intramolecular Hbond substituents is 1. The van der Waals surface area contributed by atoms with E-state index >= 15 is 0 Å². The molecule has 0 radical (unpaired) electrons. The fourth-order valence-corrected chi connectivity index (χ4v) is 3.70. The summed E-state index contributed by atoms with van der Waals surface area (Å²) in [6, 6.07) is 10.1. The van der Waals surface area contributed by atoms with E-state index in [1.165, 1.54) is 11.0 Å². The monoisotopic (exact) mass is 445 g/mol. The smallest absolute Gasteiger partial charge is 0.295 e. The van der Waals surface area contributed by atoms with Crippen LogP contribution in [-0.4, -0.2) is 53.7 Å². The van der Waals surface area contributed by atoms with Gasteiger partial charge in [0.2, 0.25) is 0 Å². The number of aliphatic hydroxyl groups excluding tert-OH is 1. The number of phenols is 1. The third-order valence-corrected chi connectivity index (χ3v) is 5.26. The number of carbonyl (C=O) groups excluding carboxylic acids is 2. The van der Waals surface area contributed by atoms with Crippen LogP contribution in [-0.2, 0) is 14.3 Å². The SMILES string of the molecule is CCOc1cc(C2C(=C(O)c3ccc(Cl)cc3)C(=O)C(=O)N2CCCOC)ccc1O. The van der Waals surface area contributed by atoms with Crippen molar-refractivity contribution in [2.24, 2.45) is 0 Å². The van der Waals surface area contributed by atoms with Crippen LogP contribution in [0.2, 0.25) is 5.02 Å². The molecule has 1 saturated heterocycles. The van der Waals surface area contributed by atoms with Gasteiger partial charge in [0.25, 0.3) is 11.7 Å². The van der Waals surface area contributed by atoms with E-state index in [0.29, 0.717) is 35.8 Å². The summed E-state index contributed by atoms with van der Waals surface area (Å²) < 4.78 is 10.5. The van der Waals surface area contributed by atoms with Crippen molar-refractivity contribution < 1.29 is 29.3 Å². The highest BCUT2D eigenvalue weighted by molar-refractivity contribution is 6.46. The van der Waals surface area contributed by atoms with Gasteiger partial charge in [-0.1, -0.05) is 17.7 Å². The van der Waals surface area contributed by atoms with E-state index in [-0.39, 0.29) is 29.4 Å². The van der Waals surface area contributed by atoms with Crippen molar-refractivity contribution in [1.29, 1.82) is 0 Å². The molecule has 0 aromatic heterocycles. The second-order valence-corrected chi connectivity index (χ2v) is 7.44. The van der Waals surface area contributed by atoms with Crippen LogP contribution in [0.15, 0.2) is 48.0 Å². The van der Waals surface area contributed by atoms with E-state index in [9.17, 15) is 19.8 Å². The summed E-state index contributed by atoms with van der Waals surface area (Å²) in [6.45, 7) is 2.78. The summed E-state index contributed by atoms with van der Waals surface area (Å²) >= 11 is 5.93. The number of hydrogen-bond acceptors (Lipinski definition) is 6. The molecule has 164 valence electrons. The Bertz CT molecular complexity index is 1000. The number of ketones is 1. The Labute approximate surface area is 185 Å². The minimum Gasteiger partial charge on any atom is -0.507 e. The fourth-order valence-electron chi connectivity index (χ4n) is 3.57. The van der Waals surface area contributed by atoms with Gasteiger partial charge in [-0.2, -0.15) is 0 Å². The highest BCUT2D eigenvalue weighted by atomic mass is 35.5. The van der Waals surface area contributed by atoms with Crippen molar-refractivity contribution in [1.82, 2.24) is 4.90 Å². The standard InChI is InChI=1S/C23H24ClNO6/c1-3-31-18-13-15(7-10-17(18)26)20-19(21(27)14-5-8-16(24)9-6-14)22(28)23(29)25(20)11-4-12-30-2/h5-10,13,20,26-27H,3-4,11-12H2,1-2H3. The van der Waals surface area contributed by atoms with Crippen molar-refractivity contribution in [2.75, 3.05) is 26.9 Å². The number of rotatable bonds is 8. The van der Waals surface area contributed by atoms with Gasteiger partial charge in [0.1, 0.15) is 5.76 Å². The molecular formula is C23H24ClNO6. The Morgan fingerprint density at radius 3 is 2.52 bits per heavy atom. The van der Waals surface area contributed by atoms with Crippen molar-refractivity contribution in [3.63, 3.8) is 0 Å². The molecule has 0 spiro atoms. The first kappa shape index (κ1) is 22.7. The number of nitrogens with zero attached hydrogens (tertiary/aromatic N) is 1. The van der Waals surface area contributed by atoms with E-state index in [0.717, 1.165) is 0 Å². The first-order valence-electron chi connectivity index (χ1n) is 9.88. The van der Waals surface area contributed by atoms with Gasteiger partial charge in [-0.15, -0.1) is 0 Å². The van der Waals surface area contributed by atoms with Crippen molar-refractivity contribution in [3.8, 4) is 11.5 Å². The van der Waals surface area contributed by atoms with Gasteiger partial charge in [0, 0.05) is 30.8 Å². The summed E-state index contributed by atoms with van der Waals surface area (Å²) in [5, 5.41) is 21.5. The first-order chi connectivity index (χ1) is 14.9. The second kappa shape index (κ2) is 9.85. The molecule has 7 nitrogen and oxygen atoms in total. The molecule has 31 heavy (non-hydrogen) atoms. The zero-order chi connectivity index (χ0) is 22.5. The third kappa shape index (κ3) is 4.68. The number of benzene rings is 2. The lowest BCUT2D eigenvalue weighted by Crippen LogP contribution is -2.31. The summed E-state index contributed by atoms with van der Waals surface area (Å²) in [6.07, 6.45) is 0.511. The molecule has 0 saturated carbocycles. The second-order valence-electron chi connectivity index (χ2n) is 7.01. The van der Waals surface area contributed by atoms with E-state index in [4.69, 9.17) is 21.1 Å². The predicted molar refractivity (Wildman–Crippen MR) is 116 cm³/mol. The Balaban J connectivity index is 2.14. The van der Waals surface area contributed by atoms with E-state index < -0.39 is 17.7 Å². The Morgan fingerprint density at radius 2 is 1.87 bits per heavy atom. The summed E-state index contributed by atoms with van der Waals surface area (Å²) in [4.78, 5) is 27.2. The quantitative estimate of drug-likeness (QED) is 0.277. The van der Waals surface area contributed by atoms with Gasteiger partial charge < -0.3 is 24.6 Å². The number of aromatic hydroxyl groups is 1. The molecule has 1 aliphatic rings. The first-order valence-corrected chi connectivity index (χ1v) is 10.3. The van der Waals surface area contributed by atoms with E-state index in [1.54, 1.807) is 50.4 Å². The molecule has 0 aliphatic carbocycles. The third-order valence-electron chi connectivity index (χ3n) is 5.00. The van der Waals surface area contributed by atoms with E-state index in [1.807, 2.05) is 0 Å². The van der Waals surface area contributed by atoms with Crippen LogP contribution in [0.25, 0.3) is 5.76 Å². The van der Waals surface area contributed by atoms with Gasteiger partial charge in [-0.05, 0) is 55.3 Å². The number of hydrogen-bond donors (Lipinski definition) is 2. The maximum atomic E-state index is 12.9. The average molecular weight is 446 g/mol. The number of halogens is 1. The average Bonchev–Trinajstić information content (AvgIpc) is 3.01. The van der Waals surface area contributed by atoms with E-state index in [2.05, 4.69) is 0 Å². The number of likely N-dealkylation sites (tertiary alicyclic amines) is 1. The maximum absolute atomic E-state index is 12.9. The highest BCUT2D eigenvalue weighted by Crippen LogP contribution is 2.41. The molecule has 2 N–H and O–H groups in total. The molecule has 2 aromatic carbocycles. The minimum atomic E-state index is -0.840. The molecule has 1 atom stereocenters. The molecule has 1 unspecified atom stereocenters. The summed E-state index contributed by atoms with van der Waals surface area (Å²) in [5.74, 6) is -1.60. The van der Waals surface area contributed by atoms with Crippen LogP contribution in [0.4, 0.5) is 0 Å². The van der Waals surface area contributed by atoms with Crippen LogP contribution in [0.1, 0.15) is 30.5 Å². The molecule has 2 aromatic rings. The van der Waals surface area contributed by atoms with Gasteiger partial charge in [0.05, 0.1) is 18.2 Å². The summed E-state index contributed by atoms with van der Waals surface area (Å²) in [7, 11) is 1.56. The lowest BCUT2D eigenvalue weighted by Gasteiger charge is -2.25. The number of aliphatic hydroxyl groups is 1. The van der Waals surface area contributed by atoms with Gasteiger partial charge in [0.15, 0.2) is 11.5 Å². The van der Waals surface area contributed by atoms with Crippen molar-refractivity contribution >= 4 is 29.1 Å². The minimum absolute atomic E-state index is 0.0297. The molecule has 3 rings (SSSR count). The van der Waals surface area contributed by atoms with Crippen LogP contribution in [0, 0.1) is 0 Å². The molecule has 8 heteroatoms. The molecule has 1 amide bonds. The zero-order valence-electron chi connectivity index (χ0n) is 17.3. The molecular weight excluding hydrogens is 422 g/mol. The lowest BCUT2D eigenvalue weighted by atomic mass is 9.95. The molecule has 0 bridgehead atoms. The molecule has 1 aliphatic heterocycles. The maximum Gasteiger partial charge on any atom is 0.295 e. The van der Waals surface area contributed by atoms with Gasteiger partial charge >= 0.3 is 0 Å². The van der Waals surface area contributed by atoms with Crippen LogP contribution >= 0.6 is 11.6 Å². The molecule has 1 heterocycles. The van der Waals surface area contributed by atoms with Crippen LogP contribution < -0.4 is 4.74 Å². The topological polar surface area (TPSA) is 96.3 Å². The number of ether oxygens (including phenoxy) is 2. The zero-order valence-corrected chi connectivity index (χ0v) is 18.1. The largest absolute Gasteiger partial charge is 0.507 e. The van der Waals surface area contributed by atoms with Crippen LogP contribution in [0.5, 0.6) is 11.5 Å². The van der Waals surface area contributed by atoms with Crippen LogP contribution in [0.3, 0.4) is 0 Å². The fraction of sp³-hybridized carbons (Fsp3) is 0.304. The number of carbonyl (C=O) groups is 2. The summed E-state index contributed by atoms with van der Waals surface area (Å²) in [5.41, 5.74) is 0.874. The normalized spacial score (nSPS) is 17.9. The number of methoxy groups -OCH3 is 1. The Morgan fingerprint density at radius 1 is 1.16 bits per heavy atom. The van der Waals surface area contributed by atoms with Gasteiger partial charge in [-0.25, -0.2) is 0 Å². The lowest BCUT2D eigenvalue weighted by molar-refractivity contribution is -0.140. The Kier molecular flexibility index (Phi) is 7.20. The number of amides is 1. The van der Waals surface area contributed by atoms with Crippen molar-refractivity contribution in [3.05, 3.63) is 64.2 Å². The van der Waals surface area contributed by atoms with Crippen molar-refractivity contribution in [2.45, 2.75) is 19.4 Å². The molecule has 1 fully saturated rings. The number of Topliss-reactive ketones (excluding diaryl/α,β-unsaturated/α-hetero) is 1. The Hall–Kier alpha value is -3.03. The van der Waals surface area contributed by atoms with Gasteiger partial charge in [-0.3, -0.25) is 9.59 Å².